The first-order valence-corrected chi connectivity index (χ1v) is 16.3. The number of pyridine rings is 2. The molecule has 1 radical (unpaired) electrons. The van der Waals surface area contributed by atoms with Gasteiger partial charge >= 0.3 is 0 Å². The molecule has 0 saturated heterocycles. The summed E-state index contributed by atoms with van der Waals surface area (Å²) >= 11 is 0. The molecule has 3 nitrogen and oxygen atoms in total. The van der Waals surface area contributed by atoms with E-state index in [0.29, 0.717) is 44.4 Å². The molecule has 4 aromatic carbocycles. The van der Waals surface area contributed by atoms with Crippen molar-refractivity contribution in [3.05, 3.63) is 143 Å². The molecule has 7 rings (SSSR count). The van der Waals surface area contributed by atoms with Crippen LogP contribution in [0.1, 0.15) is 94.1 Å². The van der Waals surface area contributed by atoms with E-state index in [2.05, 4.69) is 22.1 Å². The van der Waals surface area contributed by atoms with Gasteiger partial charge in [0.2, 0.25) is 0 Å². The molecule has 3 aromatic heterocycles. The number of rotatable bonds is 4. The van der Waals surface area contributed by atoms with Gasteiger partial charge in [-0.1, -0.05) is 114 Å². The van der Waals surface area contributed by atoms with Crippen molar-refractivity contribution in [1.82, 2.24) is 9.97 Å². The Morgan fingerprint density at radius 2 is 1.49 bits per heavy atom. The largest absolute Gasteiger partial charge is 0.500 e. The van der Waals surface area contributed by atoms with E-state index in [1.165, 1.54) is 24.5 Å². The van der Waals surface area contributed by atoms with Crippen LogP contribution >= 0.6 is 0 Å². The van der Waals surface area contributed by atoms with E-state index in [4.69, 9.17) is 23.6 Å². The van der Waals surface area contributed by atoms with Crippen LogP contribution in [0.4, 0.5) is 0 Å². The van der Waals surface area contributed by atoms with Gasteiger partial charge in [0.05, 0.1) is 5.58 Å². The van der Waals surface area contributed by atoms with Gasteiger partial charge in [-0.3, -0.25) is 0 Å². The fourth-order valence-electron chi connectivity index (χ4n) is 5.66. The van der Waals surface area contributed by atoms with Gasteiger partial charge in [0, 0.05) is 57.1 Å². The standard InChI is InChI=1S/C30H28NO.C17H20N.Ir/c1-18-9-7-10-23-24-11-8-12-25(29(24)32-28(18)23)27-16-26(20(3)17-31-27)22-14-13-21(15-19(22)2)30(4,5)6;1-13-5-8-15(9-6-13)16-10-7-14(12-18-16)11-17(2,3)4;/h7-11,13-17H,1-6H3;5-8,10,12H,11H2,1-4H3;/q2*-1;/i1D3,2D3,3D3;1D3,11D2;. The first kappa shape index (κ1) is 23.2. The fraction of sp³-hybridized carbons (Fsp3) is 0.277. The summed E-state index contributed by atoms with van der Waals surface area (Å²) in [6.45, 7) is 1.86. The van der Waals surface area contributed by atoms with Gasteiger partial charge in [0.25, 0.3) is 0 Å². The SMILES string of the molecule is [2H]C([2H])([2H])c1c[c-]c(-c2ccc(C([2H])([2H])C(C)(C)C)cn2)cc1.[2H]C([2H])([2H])c1cnc(-c2[c-]ccc3c2oc2c(C([2H])([2H])[2H])cccc23)cc1-c1ccc(C(C)(C)C)cc1C([2H])([2H])[2H].[Ir]. The number of furan rings is 1. The Kier molecular flexibility index (Phi) is 6.87. The van der Waals surface area contributed by atoms with Gasteiger partial charge in [-0.25, -0.2) is 0 Å². The molecule has 0 N–H and O–H groups in total. The topological polar surface area (TPSA) is 38.9 Å². The molecule has 3 heterocycles. The smallest absolute Gasteiger partial charge is 0.123 e. The number of para-hydroxylation sites is 1. The normalized spacial score (nSPS) is 17.0. The molecule has 0 atom stereocenters. The fourth-order valence-corrected chi connectivity index (χ4v) is 5.66. The van der Waals surface area contributed by atoms with Gasteiger partial charge in [0.1, 0.15) is 5.58 Å². The van der Waals surface area contributed by atoms with E-state index in [9.17, 15) is 0 Å². The number of hydrogen-bond donors (Lipinski definition) is 0. The molecule has 263 valence electrons. The summed E-state index contributed by atoms with van der Waals surface area (Å²) in [4.78, 5) is 8.75. The summed E-state index contributed by atoms with van der Waals surface area (Å²) in [5.74, 6) is 0. The molecular formula is C47H48IrN2O-2. The minimum Gasteiger partial charge on any atom is -0.500 e. The van der Waals surface area contributed by atoms with Gasteiger partial charge in [0.15, 0.2) is 0 Å². The van der Waals surface area contributed by atoms with Crippen LogP contribution in [0, 0.1) is 45.0 Å². The molecular weight excluding hydrogens is 801 g/mol. The van der Waals surface area contributed by atoms with Crippen molar-refractivity contribution < 1.29 is 43.7 Å². The Balaban J connectivity index is 0.000000281. The second kappa shape index (κ2) is 15.1. The van der Waals surface area contributed by atoms with Gasteiger partial charge < -0.3 is 14.4 Å². The molecule has 7 aromatic rings. The molecule has 0 aliphatic rings. The summed E-state index contributed by atoms with van der Waals surface area (Å²) in [5.41, 5.74) is 3.82. The van der Waals surface area contributed by atoms with Crippen LogP contribution < -0.4 is 0 Å². The molecule has 0 spiro atoms. The van der Waals surface area contributed by atoms with Crippen LogP contribution in [-0.4, -0.2) is 9.97 Å². The molecule has 0 unspecified atom stereocenters. The van der Waals surface area contributed by atoms with Crippen molar-refractivity contribution in [2.75, 3.05) is 0 Å². The van der Waals surface area contributed by atoms with E-state index in [1.807, 2.05) is 47.6 Å². The first-order chi connectivity index (χ1) is 29.3. The van der Waals surface area contributed by atoms with Gasteiger partial charge in [-0.2, -0.15) is 0 Å². The molecule has 4 heteroatoms. The zero-order chi connectivity index (χ0) is 47.6. The number of hydrogen-bond acceptors (Lipinski definition) is 3. The maximum absolute atomic E-state index is 8.26. The van der Waals surface area contributed by atoms with Crippen LogP contribution in [0.3, 0.4) is 0 Å². The van der Waals surface area contributed by atoms with E-state index in [0.717, 1.165) is 5.56 Å². The summed E-state index contributed by atoms with van der Waals surface area (Å²) in [6, 6.07) is 29.2. The average Bonchev–Trinajstić information content (AvgIpc) is 3.58. The maximum Gasteiger partial charge on any atom is 0.123 e. The Morgan fingerprint density at radius 1 is 0.706 bits per heavy atom. The van der Waals surface area contributed by atoms with Crippen molar-refractivity contribution in [3.63, 3.8) is 0 Å². The third-order valence-electron chi connectivity index (χ3n) is 8.17. The molecule has 0 bridgehead atoms. The van der Waals surface area contributed by atoms with Crippen LogP contribution in [0.5, 0.6) is 0 Å². The zero-order valence-electron chi connectivity index (χ0n) is 43.4. The van der Waals surface area contributed by atoms with Crippen molar-refractivity contribution in [2.24, 2.45) is 5.41 Å². The maximum atomic E-state index is 8.26. The Labute approximate surface area is 337 Å². The van der Waals surface area contributed by atoms with Gasteiger partial charge in [-0.05, 0) is 88.1 Å². The van der Waals surface area contributed by atoms with Crippen molar-refractivity contribution in [3.8, 4) is 33.6 Å². The molecule has 0 fully saturated rings. The van der Waals surface area contributed by atoms with Crippen molar-refractivity contribution in [1.29, 1.82) is 0 Å². The Morgan fingerprint density at radius 3 is 2.16 bits per heavy atom. The number of benzene rings is 4. The summed E-state index contributed by atoms with van der Waals surface area (Å²) in [7, 11) is 0. The van der Waals surface area contributed by atoms with Crippen molar-refractivity contribution in [2.45, 2.75) is 80.7 Å². The quantitative estimate of drug-likeness (QED) is 0.166. The zero-order valence-corrected chi connectivity index (χ0v) is 31.8. The predicted molar refractivity (Wildman–Crippen MR) is 211 cm³/mol. The molecule has 51 heavy (non-hydrogen) atoms. The monoisotopic (exact) mass is 863 g/mol. The minimum absolute atomic E-state index is 0. The number of aryl methyl sites for hydroxylation is 4. The number of fused-ring (bicyclic) bond motifs is 3. The second-order valence-electron chi connectivity index (χ2n) is 14.3. The van der Waals surface area contributed by atoms with Crippen LogP contribution in [0.25, 0.3) is 55.6 Å². The Bertz CT molecular complexity index is 2810. The number of aromatic nitrogens is 2. The summed E-state index contributed by atoms with van der Waals surface area (Å²) in [6.07, 6.45) is 1.28. The van der Waals surface area contributed by atoms with Gasteiger partial charge in [-0.15, -0.1) is 53.6 Å². The van der Waals surface area contributed by atoms with Crippen molar-refractivity contribution >= 4 is 21.9 Å². The predicted octanol–water partition coefficient (Wildman–Crippen LogP) is 12.8. The summed E-state index contributed by atoms with van der Waals surface area (Å²) in [5, 5.41) is 1.27. The average molecular weight is 863 g/mol. The Hall–Kier alpha value is -4.37. The van der Waals surface area contributed by atoms with Crippen LogP contribution in [0.15, 0.2) is 102 Å². The van der Waals surface area contributed by atoms with E-state index < -0.39 is 39.2 Å². The molecule has 0 aliphatic heterocycles. The first-order valence-electron chi connectivity index (χ1n) is 23.3. The van der Waals surface area contributed by atoms with E-state index >= 15 is 0 Å². The van der Waals surface area contributed by atoms with Crippen LogP contribution in [0.2, 0.25) is 0 Å². The molecule has 0 saturated carbocycles. The van der Waals surface area contributed by atoms with E-state index in [-0.39, 0.29) is 64.5 Å². The summed E-state index contributed by atoms with van der Waals surface area (Å²) < 4.78 is 118. The van der Waals surface area contributed by atoms with E-state index in [1.54, 1.807) is 66.7 Å². The van der Waals surface area contributed by atoms with Crippen LogP contribution in [-0.2, 0) is 31.9 Å². The third kappa shape index (κ3) is 8.58. The minimum atomic E-state index is -2.57. The third-order valence-corrected chi connectivity index (χ3v) is 8.17. The number of nitrogens with zero attached hydrogens (tertiary/aromatic N) is 2. The molecule has 0 amide bonds. The second-order valence-corrected chi connectivity index (χ2v) is 14.3. The molecule has 0 aliphatic carbocycles.